The first-order valence-electron chi connectivity index (χ1n) is 5.29. The van der Waals surface area contributed by atoms with Crippen molar-refractivity contribution in [1.29, 1.82) is 0 Å². The van der Waals surface area contributed by atoms with Crippen molar-refractivity contribution < 1.29 is 29.0 Å². The molecule has 0 amide bonds. The molecule has 2 bridgehead atoms. The van der Waals surface area contributed by atoms with Gasteiger partial charge in [0.1, 0.15) is 0 Å². The van der Waals surface area contributed by atoms with Crippen LogP contribution in [-0.2, 0) is 23.9 Å². The van der Waals surface area contributed by atoms with Gasteiger partial charge in [-0.3, -0.25) is 4.79 Å². The summed E-state index contributed by atoms with van der Waals surface area (Å²) in [6, 6.07) is 0. The summed E-state index contributed by atoms with van der Waals surface area (Å²) >= 11 is 0. The zero-order valence-electron chi connectivity index (χ0n) is 9.05. The summed E-state index contributed by atoms with van der Waals surface area (Å²) in [5.74, 6) is -2.79. The predicted octanol–water partition coefficient (Wildman–Crippen LogP) is 0.264. The molecule has 1 heterocycles. The number of esters is 2. The fraction of sp³-hybridized carbons (Fsp3) is 0.545. The molecule has 1 saturated heterocycles. The van der Waals surface area contributed by atoms with E-state index in [1.54, 1.807) is 0 Å². The van der Waals surface area contributed by atoms with Crippen LogP contribution in [0.3, 0.4) is 0 Å². The molecule has 1 aliphatic carbocycles. The number of hydrogen-bond acceptors (Lipinski definition) is 5. The molecule has 0 aromatic carbocycles. The fourth-order valence-corrected chi connectivity index (χ4v) is 2.34. The van der Waals surface area contributed by atoms with Crippen molar-refractivity contribution in [2.75, 3.05) is 0 Å². The smallest absolute Gasteiger partial charge is 0.352 e. The first-order chi connectivity index (χ1) is 7.99. The van der Waals surface area contributed by atoms with E-state index in [9.17, 15) is 19.5 Å². The Morgan fingerprint density at radius 3 is 2.88 bits per heavy atom. The Kier molecular flexibility index (Phi) is 2.65. The van der Waals surface area contributed by atoms with Crippen molar-refractivity contribution in [3.8, 4) is 0 Å². The van der Waals surface area contributed by atoms with Gasteiger partial charge in [0.05, 0.1) is 5.92 Å². The Morgan fingerprint density at radius 1 is 1.59 bits per heavy atom. The third kappa shape index (κ3) is 1.69. The average Bonchev–Trinajstić information content (AvgIpc) is 2.60. The van der Waals surface area contributed by atoms with Crippen LogP contribution in [0, 0.1) is 5.92 Å². The highest BCUT2D eigenvalue weighted by atomic mass is 16.6. The Hall–Kier alpha value is -1.85. The highest BCUT2D eigenvalue weighted by Gasteiger charge is 2.59. The largest absolute Gasteiger partial charge is 0.478 e. The lowest BCUT2D eigenvalue weighted by atomic mass is 9.78. The molecule has 3 atom stereocenters. The van der Waals surface area contributed by atoms with Gasteiger partial charge in [0, 0.05) is 18.9 Å². The van der Waals surface area contributed by atoms with Crippen LogP contribution in [0.25, 0.3) is 0 Å². The van der Waals surface area contributed by atoms with Crippen LogP contribution in [-0.4, -0.2) is 34.7 Å². The molecule has 2 fully saturated rings. The highest BCUT2D eigenvalue weighted by Crippen LogP contribution is 2.43. The van der Waals surface area contributed by atoms with Crippen LogP contribution >= 0.6 is 0 Å². The van der Waals surface area contributed by atoms with Crippen LogP contribution in [0.15, 0.2) is 12.7 Å². The van der Waals surface area contributed by atoms with Gasteiger partial charge in [-0.15, -0.1) is 0 Å². The van der Waals surface area contributed by atoms with E-state index in [1.807, 2.05) is 0 Å². The highest BCUT2D eigenvalue weighted by molar-refractivity contribution is 5.88. The molecule has 6 nitrogen and oxygen atoms in total. The van der Waals surface area contributed by atoms with E-state index in [0.29, 0.717) is 6.42 Å². The van der Waals surface area contributed by atoms with E-state index in [0.717, 1.165) is 6.08 Å². The number of carbonyl (C=O) groups excluding carboxylic acids is 2. The molecule has 1 saturated carbocycles. The Bertz CT molecular complexity index is 401. The standard InChI is InChI=1S/C11H12O6/c1-2-8(12)17-11(10(14)15)4-3-6-5-7(11)16-9(6)13/h2,6-7H,1,3-5H2,(H,14,15). The number of aliphatic carboxylic acids is 1. The monoisotopic (exact) mass is 240 g/mol. The SMILES string of the molecule is C=CC(=O)OC1(C(=O)O)CCC2CC1OC2=O. The van der Waals surface area contributed by atoms with Crippen LogP contribution < -0.4 is 0 Å². The van der Waals surface area contributed by atoms with Gasteiger partial charge in [0.25, 0.3) is 0 Å². The lowest BCUT2D eigenvalue weighted by Crippen LogP contribution is -2.54. The maximum Gasteiger partial charge on any atom is 0.352 e. The quantitative estimate of drug-likeness (QED) is 0.562. The molecule has 2 aliphatic rings. The normalized spacial score (nSPS) is 34.9. The van der Waals surface area contributed by atoms with Crippen LogP contribution in [0.1, 0.15) is 19.3 Å². The van der Waals surface area contributed by atoms with Crippen molar-refractivity contribution >= 4 is 17.9 Å². The van der Waals surface area contributed by atoms with E-state index in [4.69, 9.17) is 9.47 Å². The lowest BCUT2D eigenvalue weighted by Gasteiger charge is -2.35. The maximum absolute atomic E-state index is 11.3. The number of carboxylic acid groups (broad SMARTS) is 1. The lowest BCUT2D eigenvalue weighted by molar-refractivity contribution is -0.193. The van der Waals surface area contributed by atoms with Crippen molar-refractivity contribution in [3.63, 3.8) is 0 Å². The minimum Gasteiger partial charge on any atom is -0.478 e. The molecule has 0 aromatic rings. The zero-order valence-corrected chi connectivity index (χ0v) is 9.05. The molecule has 6 heteroatoms. The summed E-state index contributed by atoms with van der Waals surface area (Å²) in [7, 11) is 0. The number of ether oxygens (including phenoxy) is 2. The van der Waals surface area contributed by atoms with Gasteiger partial charge in [-0.2, -0.15) is 0 Å². The molecule has 0 spiro atoms. The molecule has 2 rings (SSSR count). The van der Waals surface area contributed by atoms with Crippen molar-refractivity contribution in [1.82, 2.24) is 0 Å². The van der Waals surface area contributed by atoms with Crippen LogP contribution in [0.5, 0.6) is 0 Å². The van der Waals surface area contributed by atoms with E-state index in [-0.39, 0.29) is 18.8 Å². The molecule has 92 valence electrons. The second-order valence-electron chi connectivity index (χ2n) is 4.22. The third-order valence-electron chi connectivity index (χ3n) is 3.29. The van der Waals surface area contributed by atoms with E-state index >= 15 is 0 Å². The van der Waals surface area contributed by atoms with Gasteiger partial charge < -0.3 is 14.6 Å². The number of hydrogen-bond donors (Lipinski definition) is 1. The van der Waals surface area contributed by atoms with Crippen LogP contribution in [0.4, 0.5) is 0 Å². The first-order valence-corrected chi connectivity index (χ1v) is 5.29. The summed E-state index contributed by atoms with van der Waals surface area (Å²) in [4.78, 5) is 33.9. The second-order valence-corrected chi connectivity index (χ2v) is 4.22. The molecular formula is C11H12O6. The minimum atomic E-state index is -1.76. The van der Waals surface area contributed by atoms with Crippen molar-refractivity contribution in [3.05, 3.63) is 12.7 Å². The summed E-state index contributed by atoms with van der Waals surface area (Å²) in [5.41, 5.74) is -1.76. The van der Waals surface area contributed by atoms with Crippen molar-refractivity contribution in [2.24, 2.45) is 5.92 Å². The minimum absolute atomic E-state index is 0.0863. The number of rotatable bonds is 3. The van der Waals surface area contributed by atoms with E-state index in [2.05, 4.69) is 6.58 Å². The zero-order chi connectivity index (χ0) is 12.6. The van der Waals surface area contributed by atoms with Gasteiger partial charge in [-0.25, -0.2) is 9.59 Å². The topological polar surface area (TPSA) is 89.9 Å². The summed E-state index contributed by atoms with van der Waals surface area (Å²) in [6.07, 6.45) is 0.730. The Labute approximate surface area is 97.2 Å². The summed E-state index contributed by atoms with van der Waals surface area (Å²) in [6.45, 7) is 3.22. The molecule has 17 heavy (non-hydrogen) atoms. The number of carbonyl (C=O) groups is 3. The maximum atomic E-state index is 11.3. The van der Waals surface area contributed by atoms with Crippen molar-refractivity contribution in [2.45, 2.75) is 31.0 Å². The predicted molar refractivity (Wildman–Crippen MR) is 53.9 cm³/mol. The number of fused-ring (bicyclic) bond motifs is 2. The molecular weight excluding hydrogens is 228 g/mol. The van der Waals surface area contributed by atoms with E-state index in [1.165, 1.54) is 0 Å². The fourth-order valence-electron chi connectivity index (χ4n) is 2.34. The average molecular weight is 240 g/mol. The Morgan fingerprint density at radius 2 is 2.29 bits per heavy atom. The molecule has 3 unspecified atom stereocenters. The van der Waals surface area contributed by atoms with Crippen LogP contribution in [0.2, 0.25) is 0 Å². The summed E-state index contributed by atoms with van der Waals surface area (Å²) in [5, 5.41) is 9.24. The summed E-state index contributed by atoms with van der Waals surface area (Å²) < 4.78 is 9.91. The second kappa shape index (κ2) is 3.87. The molecule has 0 radical (unpaired) electrons. The van der Waals surface area contributed by atoms with Gasteiger partial charge in [0.15, 0.2) is 6.10 Å². The molecule has 0 aromatic heterocycles. The third-order valence-corrected chi connectivity index (χ3v) is 3.29. The van der Waals surface area contributed by atoms with Gasteiger partial charge in [0.2, 0.25) is 5.60 Å². The first kappa shape index (κ1) is 11.6. The van der Waals surface area contributed by atoms with Gasteiger partial charge in [-0.1, -0.05) is 6.58 Å². The van der Waals surface area contributed by atoms with E-state index < -0.39 is 29.6 Å². The Balaban J connectivity index is 2.29. The molecule has 1 aliphatic heterocycles. The number of carboxylic acids is 1. The van der Waals surface area contributed by atoms with Gasteiger partial charge >= 0.3 is 17.9 Å². The molecule has 1 N–H and O–H groups in total. The van der Waals surface area contributed by atoms with Gasteiger partial charge in [-0.05, 0) is 6.42 Å².